The highest BCUT2D eigenvalue weighted by atomic mass is 15.1. The molecule has 2 rings (SSSR count). The number of nitrogens with zero attached hydrogens (tertiary/aromatic N) is 1. The average Bonchev–Trinajstić information content (AvgIpc) is 2.46. The Bertz CT molecular complexity index is 289. The van der Waals surface area contributed by atoms with E-state index in [0.717, 1.165) is 29.8 Å². The summed E-state index contributed by atoms with van der Waals surface area (Å²) in [5, 5.41) is 3.83. The first kappa shape index (κ1) is 17.3. The summed E-state index contributed by atoms with van der Waals surface area (Å²) in [5.41, 5.74) is 0. The van der Waals surface area contributed by atoms with Crippen LogP contribution < -0.4 is 5.32 Å². The van der Waals surface area contributed by atoms with Crippen molar-refractivity contribution in [1.82, 2.24) is 10.2 Å². The van der Waals surface area contributed by atoms with Gasteiger partial charge in [-0.1, -0.05) is 33.6 Å². The highest BCUT2D eigenvalue weighted by Crippen LogP contribution is 2.32. The number of nitrogens with one attached hydrogen (secondary N) is 1. The number of hydrogen-bond donors (Lipinski definition) is 1. The summed E-state index contributed by atoms with van der Waals surface area (Å²) in [7, 11) is 2.39. The van der Waals surface area contributed by atoms with E-state index in [0.29, 0.717) is 0 Å². The van der Waals surface area contributed by atoms with Gasteiger partial charge in [0.15, 0.2) is 0 Å². The van der Waals surface area contributed by atoms with E-state index >= 15 is 0 Å². The summed E-state index contributed by atoms with van der Waals surface area (Å²) < 4.78 is 0. The predicted octanol–water partition coefficient (Wildman–Crippen LogP) is 4.30. The lowest BCUT2D eigenvalue weighted by molar-refractivity contribution is 0.106. The van der Waals surface area contributed by atoms with Crippen molar-refractivity contribution in [2.75, 3.05) is 20.1 Å². The third kappa shape index (κ3) is 5.25. The molecule has 1 N–H and O–H groups in total. The van der Waals surface area contributed by atoms with Crippen molar-refractivity contribution < 1.29 is 0 Å². The molecule has 0 aromatic carbocycles. The second-order valence-corrected chi connectivity index (χ2v) is 8.10. The first-order valence-corrected chi connectivity index (χ1v) is 9.53. The summed E-state index contributed by atoms with van der Waals surface area (Å²) in [5.74, 6) is 2.72. The number of rotatable bonds is 6. The van der Waals surface area contributed by atoms with Gasteiger partial charge in [-0.3, -0.25) is 0 Å². The van der Waals surface area contributed by atoms with Crippen LogP contribution in [-0.2, 0) is 0 Å². The van der Waals surface area contributed by atoms with Crippen LogP contribution in [0.2, 0.25) is 0 Å². The molecule has 0 aromatic rings. The Morgan fingerprint density at radius 2 is 1.76 bits per heavy atom. The second kappa shape index (κ2) is 8.53. The van der Waals surface area contributed by atoms with Gasteiger partial charge >= 0.3 is 0 Å². The van der Waals surface area contributed by atoms with E-state index in [4.69, 9.17) is 0 Å². The van der Waals surface area contributed by atoms with Crippen molar-refractivity contribution in [3.05, 3.63) is 0 Å². The van der Waals surface area contributed by atoms with Crippen LogP contribution >= 0.6 is 0 Å². The third-order valence-electron chi connectivity index (χ3n) is 5.96. The average molecular weight is 295 g/mol. The fourth-order valence-electron chi connectivity index (χ4n) is 4.62. The van der Waals surface area contributed by atoms with Crippen molar-refractivity contribution in [2.45, 2.75) is 84.2 Å². The van der Waals surface area contributed by atoms with Crippen molar-refractivity contribution >= 4 is 0 Å². The Labute approximate surface area is 133 Å². The van der Waals surface area contributed by atoms with Gasteiger partial charge in [0, 0.05) is 18.6 Å². The molecule has 0 amide bonds. The molecule has 2 nitrogen and oxygen atoms in total. The van der Waals surface area contributed by atoms with E-state index in [1.54, 1.807) is 0 Å². The molecule has 2 aliphatic rings. The lowest BCUT2D eigenvalue weighted by Gasteiger charge is -2.41. The van der Waals surface area contributed by atoms with E-state index in [-0.39, 0.29) is 0 Å². The Morgan fingerprint density at radius 3 is 2.48 bits per heavy atom. The first-order chi connectivity index (χ1) is 10.1. The molecule has 0 heterocycles. The summed E-state index contributed by atoms with van der Waals surface area (Å²) in [6.45, 7) is 9.67. The molecule has 0 radical (unpaired) electrons. The molecule has 0 aromatic heterocycles. The monoisotopic (exact) mass is 294 g/mol. The molecule has 5 unspecified atom stereocenters. The molecule has 124 valence electrons. The second-order valence-electron chi connectivity index (χ2n) is 8.10. The van der Waals surface area contributed by atoms with Crippen LogP contribution in [0, 0.1) is 17.8 Å². The van der Waals surface area contributed by atoms with Crippen LogP contribution in [0.4, 0.5) is 0 Å². The quantitative estimate of drug-likeness (QED) is 0.785. The van der Waals surface area contributed by atoms with E-state index in [1.807, 2.05) is 0 Å². The molecule has 0 saturated heterocycles. The van der Waals surface area contributed by atoms with E-state index in [9.17, 15) is 0 Å². The minimum absolute atomic E-state index is 0.768. The molecule has 2 aliphatic carbocycles. The summed E-state index contributed by atoms with van der Waals surface area (Å²) in [6.07, 6.45) is 11.2. The lowest BCUT2D eigenvalue weighted by Crippen LogP contribution is -2.47. The lowest BCUT2D eigenvalue weighted by atomic mass is 9.78. The molecule has 2 saturated carbocycles. The van der Waals surface area contributed by atoms with Gasteiger partial charge in [-0.25, -0.2) is 0 Å². The van der Waals surface area contributed by atoms with Crippen LogP contribution in [-0.4, -0.2) is 37.1 Å². The molecule has 0 aliphatic heterocycles. The zero-order chi connectivity index (χ0) is 15.2. The molecule has 5 atom stereocenters. The third-order valence-corrected chi connectivity index (χ3v) is 5.96. The van der Waals surface area contributed by atoms with E-state index < -0.39 is 0 Å². The van der Waals surface area contributed by atoms with Gasteiger partial charge in [0.05, 0.1) is 0 Å². The minimum Gasteiger partial charge on any atom is -0.314 e. The molecule has 2 fully saturated rings. The largest absolute Gasteiger partial charge is 0.314 e. The molecule has 0 spiro atoms. The fourth-order valence-corrected chi connectivity index (χ4v) is 4.62. The molecule has 0 bridgehead atoms. The Balaban J connectivity index is 1.87. The molecular weight excluding hydrogens is 256 g/mol. The van der Waals surface area contributed by atoms with Gasteiger partial charge in [0.1, 0.15) is 0 Å². The van der Waals surface area contributed by atoms with Crippen molar-refractivity contribution in [2.24, 2.45) is 17.8 Å². The van der Waals surface area contributed by atoms with Crippen LogP contribution in [0.3, 0.4) is 0 Å². The van der Waals surface area contributed by atoms with E-state index in [1.165, 1.54) is 64.5 Å². The van der Waals surface area contributed by atoms with Gasteiger partial charge in [-0.05, 0) is 69.9 Å². The zero-order valence-corrected chi connectivity index (χ0v) is 14.9. The Kier molecular flexibility index (Phi) is 7.01. The summed E-state index contributed by atoms with van der Waals surface area (Å²) in [4.78, 5) is 2.71. The molecular formula is C19H38N2. The standard InChI is InChI=1S/C19H38N2/c1-5-11-20-19-10-9-16(3)12-17(19)14-21(4)18-8-6-7-15(2)13-18/h15-20H,5-14H2,1-4H3. The normalized spacial score (nSPS) is 37.9. The first-order valence-electron chi connectivity index (χ1n) is 9.53. The van der Waals surface area contributed by atoms with Gasteiger partial charge < -0.3 is 10.2 Å². The minimum atomic E-state index is 0.768. The maximum atomic E-state index is 3.83. The van der Waals surface area contributed by atoms with Gasteiger partial charge in [-0.15, -0.1) is 0 Å². The fraction of sp³-hybridized carbons (Fsp3) is 1.00. The smallest absolute Gasteiger partial charge is 0.0108 e. The van der Waals surface area contributed by atoms with Crippen molar-refractivity contribution in [3.63, 3.8) is 0 Å². The van der Waals surface area contributed by atoms with E-state index in [2.05, 4.69) is 38.0 Å². The predicted molar refractivity (Wildman–Crippen MR) is 92.6 cm³/mol. The van der Waals surface area contributed by atoms with Gasteiger partial charge in [-0.2, -0.15) is 0 Å². The highest BCUT2D eigenvalue weighted by Gasteiger charge is 2.31. The zero-order valence-electron chi connectivity index (χ0n) is 14.9. The van der Waals surface area contributed by atoms with Crippen LogP contribution in [0.5, 0.6) is 0 Å². The van der Waals surface area contributed by atoms with Crippen LogP contribution in [0.25, 0.3) is 0 Å². The number of hydrogen-bond acceptors (Lipinski definition) is 2. The van der Waals surface area contributed by atoms with Crippen LogP contribution in [0.1, 0.15) is 72.1 Å². The van der Waals surface area contributed by atoms with Crippen LogP contribution in [0.15, 0.2) is 0 Å². The maximum absolute atomic E-state index is 3.83. The van der Waals surface area contributed by atoms with Crippen molar-refractivity contribution in [3.8, 4) is 0 Å². The van der Waals surface area contributed by atoms with Gasteiger partial charge in [0.2, 0.25) is 0 Å². The van der Waals surface area contributed by atoms with Gasteiger partial charge in [0.25, 0.3) is 0 Å². The molecule has 21 heavy (non-hydrogen) atoms. The molecule has 2 heteroatoms. The summed E-state index contributed by atoms with van der Waals surface area (Å²) in [6, 6.07) is 1.61. The Hall–Kier alpha value is -0.0800. The Morgan fingerprint density at radius 1 is 1.00 bits per heavy atom. The highest BCUT2D eigenvalue weighted by molar-refractivity contribution is 4.87. The SMILES string of the molecule is CCCNC1CCC(C)CC1CN(C)C1CCCC(C)C1. The maximum Gasteiger partial charge on any atom is 0.0108 e. The topological polar surface area (TPSA) is 15.3 Å². The van der Waals surface area contributed by atoms with Crippen molar-refractivity contribution in [1.29, 1.82) is 0 Å². The summed E-state index contributed by atoms with van der Waals surface area (Å²) >= 11 is 0.